The zero-order valence-electron chi connectivity index (χ0n) is 15.6. The molecule has 0 bridgehead atoms. The van der Waals surface area contributed by atoms with E-state index in [0.29, 0.717) is 17.3 Å². The Balaban J connectivity index is 1.62. The summed E-state index contributed by atoms with van der Waals surface area (Å²) in [6.07, 6.45) is 15.3. The molecule has 0 saturated heterocycles. The maximum Gasteiger partial charge on any atom is 0.125 e. The Morgan fingerprint density at radius 3 is 2.29 bits per heavy atom. The largest absolute Gasteiger partial charge is 0.390 e. The lowest BCUT2D eigenvalue weighted by Crippen LogP contribution is -2.57. The third kappa shape index (κ3) is 2.04. The van der Waals surface area contributed by atoms with E-state index in [1.54, 1.807) is 0 Å². The molecule has 2 nitrogen and oxygen atoms in total. The maximum absolute atomic E-state index is 11.0. The molecule has 0 amide bonds. The molecule has 0 spiro atoms. The van der Waals surface area contributed by atoms with Crippen molar-refractivity contribution < 1.29 is 10.2 Å². The molecule has 0 unspecified atom stereocenters. The molecule has 4 rings (SSSR count). The second-order valence-corrected chi connectivity index (χ2v) is 10.3. The standard InChI is InChI=1S/C22H34O2/c1-5-22(24)13-12-19(2)15(14-22)6-7-16-17(19)8-10-20(3)18(16)9-11-21(20,4)23/h1,15-18,23-24H,6-14H2,2-4H3/t15-,16+,17-,18+,19-,20+,21+,22+/m0/s1. The van der Waals surface area contributed by atoms with Gasteiger partial charge in [-0.3, -0.25) is 0 Å². The number of hydrogen-bond donors (Lipinski definition) is 2. The van der Waals surface area contributed by atoms with Crippen LogP contribution in [0.25, 0.3) is 0 Å². The second-order valence-electron chi connectivity index (χ2n) is 10.3. The normalized spacial score (nSPS) is 59.8. The summed E-state index contributed by atoms with van der Waals surface area (Å²) in [6, 6.07) is 0. The molecule has 0 heterocycles. The zero-order chi connectivity index (χ0) is 17.4. The molecule has 0 radical (unpaired) electrons. The fourth-order valence-corrected chi connectivity index (χ4v) is 7.62. The lowest BCUT2D eigenvalue weighted by Gasteiger charge is -2.62. The van der Waals surface area contributed by atoms with Crippen molar-refractivity contribution in [1.29, 1.82) is 0 Å². The topological polar surface area (TPSA) is 40.5 Å². The minimum Gasteiger partial charge on any atom is -0.390 e. The highest BCUT2D eigenvalue weighted by Gasteiger charge is 2.63. The minimum atomic E-state index is -0.864. The van der Waals surface area contributed by atoms with E-state index in [-0.39, 0.29) is 5.41 Å². The van der Waals surface area contributed by atoms with E-state index < -0.39 is 11.2 Å². The van der Waals surface area contributed by atoms with Gasteiger partial charge in [0.2, 0.25) is 0 Å². The SMILES string of the molecule is C#C[C@@]1(O)CC[C@@]2(C)[C@@H](CC[C@H]3[C@H]4CC[C@@](C)(O)[C@]4(C)CC[C@@H]32)C1. The van der Waals surface area contributed by atoms with Gasteiger partial charge < -0.3 is 10.2 Å². The lowest BCUT2D eigenvalue weighted by atomic mass is 9.43. The average molecular weight is 331 g/mol. The van der Waals surface area contributed by atoms with Gasteiger partial charge in [0.25, 0.3) is 0 Å². The molecule has 8 atom stereocenters. The monoisotopic (exact) mass is 330 g/mol. The van der Waals surface area contributed by atoms with Crippen LogP contribution in [-0.2, 0) is 0 Å². The molecule has 4 fully saturated rings. The third-order valence-electron chi connectivity index (χ3n) is 9.56. The van der Waals surface area contributed by atoms with Crippen molar-refractivity contribution >= 4 is 0 Å². The summed E-state index contributed by atoms with van der Waals surface area (Å²) in [7, 11) is 0. The quantitative estimate of drug-likeness (QED) is 0.655. The smallest absolute Gasteiger partial charge is 0.125 e. The summed E-state index contributed by atoms with van der Waals surface area (Å²) < 4.78 is 0. The summed E-state index contributed by atoms with van der Waals surface area (Å²) in [6.45, 7) is 6.92. The summed E-state index contributed by atoms with van der Waals surface area (Å²) in [5.74, 6) is 5.44. The van der Waals surface area contributed by atoms with E-state index in [0.717, 1.165) is 43.9 Å². The van der Waals surface area contributed by atoms with Gasteiger partial charge in [-0.05, 0) is 99.2 Å². The predicted octanol–water partition coefficient (Wildman–Crippen LogP) is 4.14. The molecule has 0 aromatic rings. The Morgan fingerprint density at radius 2 is 1.58 bits per heavy atom. The fraction of sp³-hybridized carbons (Fsp3) is 0.909. The van der Waals surface area contributed by atoms with Crippen LogP contribution in [0.4, 0.5) is 0 Å². The van der Waals surface area contributed by atoms with Gasteiger partial charge in [-0.25, -0.2) is 0 Å². The highest BCUT2D eigenvalue weighted by molar-refractivity contribution is 5.17. The molecule has 0 aliphatic heterocycles. The van der Waals surface area contributed by atoms with Crippen LogP contribution in [0.1, 0.15) is 78.6 Å². The summed E-state index contributed by atoms with van der Waals surface area (Å²) in [5, 5.41) is 21.6. The van der Waals surface area contributed by atoms with Crippen LogP contribution in [0.5, 0.6) is 0 Å². The molecule has 134 valence electrons. The van der Waals surface area contributed by atoms with Crippen molar-refractivity contribution in [2.45, 2.75) is 89.8 Å². The van der Waals surface area contributed by atoms with Crippen molar-refractivity contribution in [2.75, 3.05) is 0 Å². The fourth-order valence-electron chi connectivity index (χ4n) is 7.62. The molecule has 2 N–H and O–H groups in total. The summed E-state index contributed by atoms with van der Waals surface area (Å²) in [5.41, 5.74) is -0.915. The van der Waals surface area contributed by atoms with E-state index >= 15 is 0 Å². The van der Waals surface area contributed by atoms with Crippen LogP contribution >= 0.6 is 0 Å². The number of terminal acetylenes is 1. The highest BCUT2D eigenvalue weighted by atomic mass is 16.3. The molecule has 2 heteroatoms. The summed E-state index contributed by atoms with van der Waals surface area (Å²) >= 11 is 0. The number of rotatable bonds is 0. The van der Waals surface area contributed by atoms with Gasteiger partial charge in [0.05, 0.1) is 5.60 Å². The van der Waals surface area contributed by atoms with Gasteiger partial charge >= 0.3 is 0 Å². The molecule has 0 aromatic carbocycles. The molecule has 4 aliphatic rings. The Bertz CT molecular complexity index is 575. The Hall–Kier alpha value is -0.520. The predicted molar refractivity (Wildman–Crippen MR) is 96.1 cm³/mol. The Morgan fingerprint density at radius 1 is 0.875 bits per heavy atom. The first-order valence-corrected chi connectivity index (χ1v) is 10.1. The van der Waals surface area contributed by atoms with Gasteiger partial charge in [0, 0.05) is 0 Å². The van der Waals surface area contributed by atoms with Gasteiger partial charge in [0.1, 0.15) is 5.60 Å². The number of aliphatic hydroxyl groups is 2. The highest BCUT2D eigenvalue weighted by Crippen LogP contribution is 2.68. The van der Waals surface area contributed by atoms with Crippen molar-refractivity contribution in [3.63, 3.8) is 0 Å². The van der Waals surface area contributed by atoms with Crippen LogP contribution in [0.15, 0.2) is 0 Å². The third-order valence-corrected chi connectivity index (χ3v) is 9.56. The van der Waals surface area contributed by atoms with Gasteiger partial charge in [-0.2, -0.15) is 0 Å². The molecule has 24 heavy (non-hydrogen) atoms. The molecule has 4 aliphatic carbocycles. The van der Waals surface area contributed by atoms with Gasteiger partial charge in [-0.1, -0.05) is 19.8 Å². The van der Waals surface area contributed by atoms with Crippen LogP contribution in [-0.4, -0.2) is 21.4 Å². The molecule has 4 saturated carbocycles. The Kier molecular flexibility index (Phi) is 3.54. The van der Waals surface area contributed by atoms with Crippen LogP contribution < -0.4 is 0 Å². The van der Waals surface area contributed by atoms with E-state index in [4.69, 9.17) is 6.42 Å². The Labute approximate surface area is 147 Å². The maximum atomic E-state index is 11.0. The van der Waals surface area contributed by atoms with Crippen LogP contribution in [0.2, 0.25) is 0 Å². The first-order valence-electron chi connectivity index (χ1n) is 10.1. The van der Waals surface area contributed by atoms with Crippen LogP contribution in [0, 0.1) is 46.8 Å². The van der Waals surface area contributed by atoms with Crippen molar-refractivity contribution in [2.24, 2.45) is 34.5 Å². The van der Waals surface area contributed by atoms with Crippen LogP contribution in [0.3, 0.4) is 0 Å². The van der Waals surface area contributed by atoms with Crippen molar-refractivity contribution in [1.82, 2.24) is 0 Å². The van der Waals surface area contributed by atoms with Gasteiger partial charge in [0.15, 0.2) is 0 Å². The minimum absolute atomic E-state index is 0.103. The first kappa shape index (κ1) is 16.9. The van der Waals surface area contributed by atoms with E-state index in [1.807, 2.05) is 0 Å². The number of hydrogen-bond acceptors (Lipinski definition) is 2. The summed E-state index contributed by atoms with van der Waals surface area (Å²) in [4.78, 5) is 0. The van der Waals surface area contributed by atoms with E-state index in [9.17, 15) is 10.2 Å². The van der Waals surface area contributed by atoms with E-state index in [2.05, 4.69) is 26.7 Å². The molecule has 0 aromatic heterocycles. The van der Waals surface area contributed by atoms with Crippen molar-refractivity contribution in [3.8, 4) is 12.3 Å². The molecular formula is C22H34O2. The number of fused-ring (bicyclic) bond motifs is 5. The zero-order valence-corrected chi connectivity index (χ0v) is 15.6. The lowest BCUT2D eigenvalue weighted by molar-refractivity contribution is -0.159. The molecular weight excluding hydrogens is 296 g/mol. The average Bonchev–Trinajstić information content (AvgIpc) is 2.78. The van der Waals surface area contributed by atoms with Crippen molar-refractivity contribution in [3.05, 3.63) is 0 Å². The second kappa shape index (κ2) is 5.01. The van der Waals surface area contributed by atoms with Gasteiger partial charge in [-0.15, -0.1) is 6.42 Å². The first-order chi connectivity index (χ1) is 11.2. The van der Waals surface area contributed by atoms with E-state index in [1.165, 1.54) is 25.7 Å².